The quantitative estimate of drug-likeness (QED) is 0.793. The number of hydrogen-bond acceptors (Lipinski definition) is 4. The molecule has 1 N–H and O–H groups in total. The Morgan fingerprint density at radius 3 is 2.76 bits per heavy atom. The van der Waals surface area contributed by atoms with Crippen molar-refractivity contribution in [3.8, 4) is 5.75 Å². The molecule has 21 heavy (non-hydrogen) atoms. The van der Waals surface area contributed by atoms with Crippen LogP contribution >= 0.6 is 0 Å². The lowest BCUT2D eigenvalue weighted by molar-refractivity contribution is 0.410. The van der Waals surface area contributed by atoms with E-state index in [0.29, 0.717) is 6.54 Å². The number of anilines is 1. The van der Waals surface area contributed by atoms with Crippen LogP contribution < -0.4 is 10.1 Å². The van der Waals surface area contributed by atoms with Gasteiger partial charge in [-0.05, 0) is 24.6 Å². The van der Waals surface area contributed by atoms with Crippen molar-refractivity contribution in [2.24, 2.45) is 0 Å². The van der Waals surface area contributed by atoms with Crippen molar-refractivity contribution < 1.29 is 4.74 Å². The second kappa shape index (κ2) is 5.79. The van der Waals surface area contributed by atoms with Gasteiger partial charge in [-0.15, -0.1) is 0 Å². The molecule has 0 spiro atoms. The third kappa shape index (κ3) is 2.65. The lowest BCUT2D eigenvalue weighted by Crippen LogP contribution is -2.04. The molecule has 0 saturated heterocycles. The highest BCUT2D eigenvalue weighted by molar-refractivity contribution is 5.91. The number of fused-ring (bicyclic) bond motifs is 1. The van der Waals surface area contributed by atoms with Gasteiger partial charge in [0.2, 0.25) is 0 Å². The van der Waals surface area contributed by atoms with Crippen molar-refractivity contribution in [2.75, 3.05) is 12.4 Å². The fourth-order valence-corrected chi connectivity index (χ4v) is 2.44. The minimum Gasteiger partial charge on any atom is -0.496 e. The van der Waals surface area contributed by atoms with Gasteiger partial charge in [-0.3, -0.25) is 0 Å². The number of hydrogen-bond donors (Lipinski definition) is 1. The van der Waals surface area contributed by atoms with E-state index >= 15 is 0 Å². The number of benzene rings is 2. The first-order chi connectivity index (χ1) is 10.3. The zero-order valence-electron chi connectivity index (χ0n) is 12.1. The van der Waals surface area contributed by atoms with E-state index in [1.165, 1.54) is 0 Å². The number of aromatic nitrogens is 2. The number of methoxy groups -OCH3 is 1. The molecule has 0 atom stereocenters. The Morgan fingerprint density at radius 2 is 1.90 bits per heavy atom. The molecule has 1 heterocycles. The Morgan fingerprint density at radius 1 is 1.05 bits per heavy atom. The van der Waals surface area contributed by atoms with E-state index in [1.807, 2.05) is 36.4 Å². The van der Waals surface area contributed by atoms with Crippen LogP contribution in [0.2, 0.25) is 0 Å². The fourth-order valence-electron chi connectivity index (χ4n) is 2.44. The van der Waals surface area contributed by atoms with Crippen LogP contribution in [0.15, 0.2) is 48.8 Å². The molecule has 1 aromatic heterocycles. The summed E-state index contributed by atoms with van der Waals surface area (Å²) in [5, 5.41) is 4.45. The van der Waals surface area contributed by atoms with Gasteiger partial charge in [-0.1, -0.05) is 30.3 Å². The highest BCUT2D eigenvalue weighted by Crippen LogP contribution is 2.24. The topological polar surface area (TPSA) is 47.0 Å². The van der Waals surface area contributed by atoms with E-state index < -0.39 is 0 Å². The third-order valence-electron chi connectivity index (χ3n) is 3.51. The third-order valence-corrected chi connectivity index (χ3v) is 3.51. The Kier molecular flexibility index (Phi) is 3.69. The first kappa shape index (κ1) is 13.4. The minimum absolute atomic E-state index is 0.657. The molecule has 2 aromatic carbocycles. The van der Waals surface area contributed by atoms with Crippen molar-refractivity contribution in [3.63, 3.8) is 0 Å². The van der Waals surface area contributed by atoms with Crippen molar-refractivity contribution in [2.45, 2.75) is 13.5 Å². The van der Waals surface area contributed by atoms with Crippen molar-refractivity contribution >= 4 is 16.7 Å². The molecule has 0 radical (unpaired) electrons. The predicted octanol–water partition coefficient (Wildman–Crippen LogP) is 3.56. The van der Waals surface area contributed by atoms with Gasteiger partial charge in [0.05, 0.1) is 12.6 Å². The van der Waals surface area contributed by atoms with Crippen LogP contribution in [0.3, 0.4) is 0 Å². The van der Waals surface area contributed by atoms with Crippen molar-refractivity contribution in [1.82, 2.24) is 9.97 Å². The van der Waals surface area contributed by atoms with Crippen LogP contribution in [-0.2, 0) is 6.54 Å². The maximum Gasteiger partial charge on any atom is 0.137 e. The van der Waals surface area contributed by atoms with Gasteiger partial charge in [0.25, 0.3) is 0 Å². The van der Waals surface area contributed by atoms with Crippen LogP contribution in [0.5, 0.6) is 5.75 Å². The van der Waals surface area contributed by atoms with Crippen LogP contribution in [-0.4, -0.2) is 17.1 Å². The second-order valence-electron chi connectivity index (χ2n) is 4.86. The zero-order chi connectivity index (χ0) is 14.7. The number of rotatable bonds is 4. The lowest BCUT2D eigenvalue weighted by atomic mass is 10.1. The van der Waals surface area contributed by atoms with Crippen molar-refractivity contribution in [1.29, 1.82) is 0 Å². The predicted molar refractivity (Wildman–Crippen MR) is 84.6 cm³/mol. The molecule has 0 amide bonds. The number of nitrogens with one attached hydrogen (secondary N) is 1. The number of para-hydroxylation sites is 1. The summed E-state index contributed by atoms with van der Waals surface area (Å²) in [6, 6.07) is 14.0. The summed E-state index contributed by atoms with van der Waals surface area (Å²) in [6.07, 6.45) is 1.59. The summed E-state index contributed by atoms with van der Waals surface area (Å²) in [6.45, 7) is 2.73. The average Bonchev–Trinajstić information content (AvgIpc) is 2.53. The summed E-state index contributed by atoms with van der Waals surface area (Å²) in [4.78, 5) is 8.69. The van der Waals surface area contributed by atoms with E-state index in [0.717, 1.165) is 33.6 Å². The molecule has 4 heteroatoms. The molecule has 3 rings (SSSR count). The van der Waals surface area contributed by atoms with Gasteiger partial charge in [0.1, 0.15) is 17.9 Å². The SMILES string of the molecule is COc1ccccc1CNc1ncnc2cccc(C)c12. The molecule has 0 saturated carbocycles. The molecule has 0 aliphatic heterocycles. The summed E-state index contributed by atoms with van der Waals surface area (Å²) in [5.74, 6) is 1.73. The summed E-state index contributed by atoms with van der Waals surface area (Å²) < 4.78 is 5.37. The number of nitrogens with zero attached hydrogens (tertiary/aromatic N) is 2. The monoisotopic (exact) mass is 279 g/mol. The van der Waals surface area contributed by atoms with Crippen LogP contribution in [0.4, 0.5) is 5.82 Å². The molecule has 0 fully saturated rings. The molecule has 106 valence electrons. The average molecular weight is 279 g/mol. The molecule has 0 bridgehead atoms. The Hall–Kier alpha value is -2.62. The van der Waals surface area contributed by atoms with E-state index in [1.54, 1.807) is 13.4 Å². The van der Waals surface area contributed by atoms with Crippen LogP contribution in [0.1, 0.15) is 11.1 Å². The molecule has 3 aromatic rings. The van der Waals surface area contributed by atoms with Crippen molar-refractivity contribution in [3.05, 3.63) is 59.9 Å². The van der Waals surface area contributed by atoms with Gasteiger partial charge in [-0.2, -0.15) is 0 Å². The molecule has 0 unspecified atom stereocenters. The Labute approximate surface area is 123 Å². The van der Waals surface area contributed by atoms with E-state index in [4.69, 9.17) is 4.74 Å². The highest BCUT2D eigenvalue weighted by Gasteiger charge is 2.07. The maximum atomic E-state index is 5.37. The Balaban J connectivity index is 1.92. The van der Waals surface area contributed by atoms with E-state index in [2.05, 4.69) is 28.3 Å². The van der Waals surface area contributed by atoms with E-state index in [-0.39, 0.29) is 0 Å². The van der Waals surface area contributed by atoms with Gasteiger partial charge >= 0.3 is 0 Å². The molecule has 0 aliphatic rings. The van der Waals surface area contributed by atoms with Crippen LogP contribution in [0.25, 0.3) is 10.9 Å². The van der Waals surface area contributed by atoms with E-state index in [9.17, 15) is 0 Å². The van der Waals surface area contributed by atoms with Gasteiger partial charge in [0.15, 0.2) is 0 Å². The number of ether oxygens (including phenoxy) is 1. The molecule has 4 nitrogen and oxygen atoms in total. The normalized spacial score (nSPS) is 10.6. The van der Waals surface area contributed by atoms with Gasteiger partial charge in [0, 0.05) is 17.5 Å². The molecular weight excluding hydrogens is 262 g/mol. The lowest BCUT2D eigenvalue weighted by Gasteiger charge is -2.12. The summed E-state index contributed by atoms with van der Waals surface area (Å²) in [7, 11) is 1.68. The fraction of sp³-hybridized carbons (Fsp3) is 0.176. The number of aryl methyl sites for hydroxylation is 1. The second-order valence-corrected chi connectivity index (χ2v) is 4.86. The summed E-state index contributed by atoms with van der Waals surface area (Å²) >= 11 is 0. The molecular formula is C17H17N3O. The highest BCUT2D eigenvalue weighted by atomic mass is 16.5. The van der Waals surface area contributed by atoms with Crippen LogP contribution in [0, 0.1) is 6.92 Å². The van der Waals surface area contributed by atoms with Gasteiger partial charge < -0.3 is 10.1 Å². The summed E-state index contributed by atoms with van der Waals surface area (Å²) in [5.41, 5.74) is 3.21. The Bertz CT molecular complexity index is 766. The minimum atomic E-state index is 0.657. The molecule has 0 aliphatic carbocycles. The smallest absolute Gasteiger partial charge is 0.137 e. The largest absolute Gasteiger partial charge is 0.496 e. The first-order valence-corrected chi connectivity index (χ1v) is 6.85. The maximum absolute atomic E-state index is 5.37. The zero-order valence-corrected chi connectivity index (χ0v) is 12.1. The van der Waals surface area contributed by atoms with Gasteiger partial charge in [-0.25, -0.2) is 9.97 Å². The standard InChI is InChI=1S/C17H17N3O/c1-12-6-5-8-14-16(12)17(20-11-19-14)18-10-13-7-3-4-9-15(13)21-2/h3-9,11H,10H2,1-2H3,(H,18,19,20). The first-order valence-electron chi connectivity index (χ1n) is 6.85.